The zero-order valence-electron chi connectivity index (χ0n) is 12.7. The summed E-state index contributed by atoms with van der Waals surface area (Å²) >= 11 is 0. The molecule has 1 fully saturated rings. The lowest BCUT2D eigenvalue weighted by molar-refractivity contribution is -0.139. The molecule has 1 aliphatic heterocycles. The molecule has 2 aromatic carbocycles. The van der Waals surface area contributed by atoms with Gasteiger partial charge in [-0.05, 0) is 35.4 Å². The highest BCUT2D eigenvalue weighted by Gasteiger charge is 2.39. The third-order valence-electron chi connectivity index (χ3n) is 4.10. The molecule has 1 aliphatic rings. The van der Waals surface area contributed by atoms with Crippen molar-refractivity contribution in [3.8, 4) is 0 Å². The van der Waals surface area contributed by atoms with Crippen LogP contribution in [-0.2, 0) is 19.4 Å². The Bertz CT molecular complexity index is 891. The Morgan fingerprint density at radius 2 is 1.62 bits per heavy atom. The van der Waals surface area contributed by atoms with Crippen molar-refractivity contribution in [2.45, 2.75) is 16.7 Å². The van der Waals surface area contributed by atoms with Gasteiger partial charge in [-0.1, -0.05) is 18.2 Å². The molecule has 4 nitrogen and oxygen atoms in total. The number of carbonyl (C=O) groups excluding carboxylic acids is 1. The molecule has 0 N–H and O–H groups in total. The van der Waals surface area contributed by atoms with Crippen LogP contribution in [0.25, 0.3) is 0 Å². The summed E-state index contributed by atoms with van der Waals surface area (Å²) in [5, 5.41) is 0. The molecule has 126 valence electrons. The van der Waals surface area contributed by atoms with Crippen molar-refractivity contribution in [1.29, 1.82) is 0 Å². The summed E-state index contributed by atoms with van der Waals surface area (Å²) in [5.41, 5.74) is 1.02. The number of ether oxygens (including phenoxy) is 1. The first-order chi connectivity index (χ1) is 11.3. The fourth-order valence-corrected chi connectivity index (χ4v) is 3.48. The van der Waals surface area contributed by atoms with Crippen LogP contribution in [0, 0.1) is 11.6 Å². The number of halogens is 2. The number of cyclic esters (lactones) is 1. The molecule has 2 unspecified atom stereocenters. The summed E-state index contributed by atoms with van der Waals surface area (Å²) in [5.74, 6) is -3.68. The van der Waals surface area contributed by atoms with Crippen LogP contribution >= 0.6 is 0 Å². The Morgan fingerprint density at radius 1 is 1.00 bits per heavy atom. The average Bonchev–Trinajstić information content (AvgIpc) is 2.91. The highest BCUT2D eigenvalue weighted by atomic mass is 32.2. The molecule has 0 spiro atoms. The van der Waals surface area contributed by atoms with Gasteiger partial charge in [0.1, 0.15) is 0 Å². The van der Waals surface area contributed by atoms with Crippen LogP contribution in [0.2, 0.25) is 0 Å². The van der Waals surface area contributed by atoms with Crippen molar-refractivity contribution in [2.24, 2.45) is 0 Å². The second-order valence-electron chi connectivity index (χ2n) is 5.73. The van der Waals surface area contributed by atoms with Gasteiger partial charge < -0.3 is 4.74 Å². The van der Waals surface area contributed by atoms with Gasteiger partial charge in [-0.15, -0.1) is 0 Å². The van der Waals surface area contributed by atoms with Gasteiger partial charge in [-0.25, -0.2) is 17.2 Å². The summed E-state index contributed by atoms with van der Waals surface area (Å²) in [6.07, 6.45) is 1.11. The predicted octanol–water partition coefficient (Wildman–Crippen LogP) is 2.79. The SMILES string of the molecule is CS(=O)(=O)c1ccc(C2COC(=O)C2c2ccc(F)c(F)c2)cc1. The fourth-order valence-electron chi connectivity index (χ4n) is 2.85. The third-order valence-corrected chi connectivity index (χ3v) is 5.23. The maximum Gasteiger partial charge on any atom is 0.314 e. The summed E-state index contributed by atoms with van der Waals surface area (Å²) in [7, 11) is -3.32. The molecular weight excluding hydrogens is 338 g/mol. The number of benzene rings is 2. The standard InChI is InChI=1S/C17H14F2O4S/c1-24(21,22)12-5-2-10(3-6-12)13-9-23-17(20)16(13)11-4-7-14(18)15(19)8-11/h2-8,13,16H,9H2,1H3. The first kappa shape index (κ1) is 16.6. The number of hydrogen-bond acceptors (Lipinski definition) is 4. The van der Waals surface area contributed by atoms with E-state index in [1.807, 2.05) is 0 Å². The Hall–Kier alpha value is -2.28. The zero-order chi connectivity index (χ0) is 17.5. The molecule has 1 saturated heterocycles. The minimum absolute atomic E-state index is 0.0979. The van der Waals surface area contributed by atoms with Gasteiger partial charge in [-0.3, -0.25) is 4.79 Å². The van der Waals surface area contributed by atoms with Crippen LogP contribution in [0.1, 0.15) is 23.0 Å². The van der Waals surface area contributed by atoms with Crippen LogP contribution < -0.4 is 0 Å². The van der Waals surface area contributed by atoms with E-state index in [4.69, 9.17) is 4.74 Å². The lowest BCUT2D eigenvalue weighted by Crippen LogP contribution is -2.13. The summed E-state index contributed by atoms with van der Waals surface area (Å²) in [4.78, 5) is 12.2. The van der Waals surface area contributed by atoms with Crippen LogP contribution in [0.3, 0.4) is 0 Å². The Kier molecular flexibility index (Phi) is 4.13. The van der Waals surface area contributed by atoms with Crippen molar-refractivity contribution in [3.63, 3.8) is 0 Å². The number of rotatable bonds is 3. The Balaban J connectivity index is 1.97. The van der Waals surface area contributed by atoms with E-state index in [0.717, 1.165) is 18.4 Å². The van der Waals surface area contributed by atoms with E-state index in [1.165, 1.54) is 18.2 Å². The highest BCUT2D eigenvalue weighted by Crippen LogP contribution is 2.39. The van der Waals surface area contributed by atoms with Crippen molar-refractivity contribution < 1.29 is 26.7 Å². The summed E-state index contributed by atoms with van der Waals surface area (Å²) in [6, 6.07) is 9.44. The van der Waals surface area contributed by atoms with Gasteiger partial charge in [0, 0.05) is 12.2 Å². The first-order valence-electron chi connectivity index (χ1n) is 7.19. The minimum atomic E-state index is -3.32. The molecule has 2 aromatic rings. The molecule has 0 radical (unpaired) electrons. The van der Waals surface area contributed by atoms with E-state index in [9.17, 15) is 22.0 Å². The molecule has 7 heteroatoms. The van der Waals surface area contributed by atoms with E-state index in [1.54, 1.807) is 12.1 Å². The Morgan fingerprint density at radius 3 is 2.21 bits per heavy atom. The van der Waals surface area contributed by atoms with Crippen molar-refractivity contribution >= 4 is 15.8 Å². The van der Waals surface area contributed by atoms with E-state index in [0.29, 0.717) is 11.1 Å². The maximum absolute atomic E-state index is 13.5. The quantitative estimate of drug-likeness (QED) is 0.797. The fraction of sp³-hybridized carbons (Fsp3) is 0.235. The smallest absolute Gasteiger partial charge is 0.314 e. The lowest BCUT2D eigenvalue weighted by Gasteiger charge is -2.16. The number of carbonyl (C=O) groups is 1. The predicted molar refractivity (Wildman–Crippen MR) is 82.4 cm³/mol. The van der Waals surface area contributed by atoms with Crippen LogP contribution in [0.5, 0.6) is 0 Å². The first-order valence-corrected chi connectivity index (χ1v) is 9.08. The topological polar surface area (TPSA) is 60.4 Å². The molecule has 2 atom stereocenters. The second-order valence-corrected chi connectivity index (χ2v) is 7.74. The molecule has 3 rings (SSSR count). The monoisotopic (exact) mass is 352 g/mol. The third kappa shape index (κ3) is 3.03. The van der Waals surface area contributed by atoms with Crippen LogP contribution in [0.15, 0.2) is 47.4 Å². The van der Waals surface area contributed by atoms with Gasteiger partial charge in [0.15, 0.2) is 21.5 Å². The van der Waals surface area contributed by atoms with E-state index < -0.39 is 39.3 Å². The van der Waals surface area contributed by atoms with Crippen molar-refractivity contribution in [3.05, 3.63) is 65.2 Å². The van der Waals surface area contributed by atoms with Crippen molar-refractivity contribution in [2.75, 3.05) is 12.9 Å². The summed E-state index contributed by atoms with van der Waals surface area (Å²) < 4.78 is 54.7. The van der Waals surface area contributed by atoms with Crippen LogP contribution in [-0.4, -0.2) is 27.2 Å². The summed E-state index contributed by atoms with van der Waals surface area (Å²) in [6.45, 7) is 0.0979. The molecular formula is C17H14F2O4S. The van der Waals surface area contributed by atoms with Gasteiger partial charge in [-0.2, -0.15) is 0 Å². The molecule has 1 heterocycles. The largest absolute Gasteiger partial charge is 0.465 e. The number of hydrogen-bond donors (Lipinski definition) is 0. The van der Waals surface area contributed by atoms with E-state index in [2.05, 4.69) is 0 Å². The second kappa shape index (κ2) is 5.98. The van der Waals surface area contributed by atoms with Gasteiger partial charge >= 0.3 is 5.97 Å². The Labute approximate surface area is 138 Å². The molecule has 0 bridgehead atoms. The molecule has 0 saturated carbocycles. The maximum atomic E-state index is 13.5. The van der Waals surface area contributed by atoms with Crippen molar-refractivity contribution in [1.82, 2.24) is 0 Å². The minimum Gasteiger partial charge on any atom is -0.465 e. The number of esters is 1. The van der Waals surface area contributed by atoms with E-state index >= 15 is 0 Å². The molecule has 0 amide bonds. The van der Waals surface area contributed by atoms with E-state index in [-0.39, 0.29) is 11.5 Å². The highest BCUT2D eigenvalue weighted by molar-refractivity contribution is 7.90. The van der Waals surface area contributed by atoms with Gasteiger partial charge in [0.05, 0.1) is 17.4 Å². The zero-order valence-corrected chi connectivity index (χ0v) is 13.5. The molecule has 0 aromatic heterocycles. The van der Waals surface area contributed by atoms with Crippen LogP contribution in [0.4, 0.5) is 8.78 Å². The molecule has 24 heavy (non-hydrogen) atoms. The molecule has 0 aliphatic carbocycles. The number of sulfone groups is 1. The van der Waals surface area contributed by atoms with Gasteiger partial charge in [0.2, 0.25) is 0 Å². The van der Waals surface area contributed by atoms with Gasteiger partial charge in [0.25, 0.3) is 0 Å². The average molecular weight is 352 g/mol. The normalized spacial score (nSPS) is 20.9. The lowest BCUT2D eigenvalue weighted by atomic mass is 9.83.